The van der Waals surface area contributed by atoms with Gasteiger partial charge >= 0.3 is 38.7 Å². The topological polar surface area (TPSA) is 264 Å². The van der Waals surface area contributed by atoms with E-state index in [1.807, 2.05) is 0 Å². The van der Waals surface area contributed by atoms with Gasteiger partial charge in [-0.1, -0.05) is 0 Å². The monoisotopic (exact) mass is 674 g/mol. The number of carbonyl (C=O) groups excluding carboxylic acids is 4. The third-order valence-corrected chi connectivity index (χ3v) is 6.48. The average molecular weight is 675 g/mol. The predicted octanol–water partition coefficient (Wildman–Crippen LogP) is -7.14. The Balaban J connectivity index is 0.0000168. The first-order valence-corrected chi connectivity index (χ1v) is 13.4. The van der Waals surface area contributed by atoms with Crippen LogP contribution in [0.1, 0.15) is 25.7 Å². The Morgan fingerprint density at radius 3 is 1.67 bits per heavy atom. The number of unbranched alkanes of at least 4 members (excludes halogenated alkanes) is 2. The van der Waals surface area contributed by atoms with Crippen LogP contribution in [-0.2, 0) is 56.7 Å². The molecule has 1 aliphatic rings. The summed E-state index contributed by atoms with van der Waals surface area (Å²) in [4.78, 5) is 68.4. The van der Waals surface area contributed by atoms with Crippen LogP contribution >= 0.6 is 0 Å². The molecular formula is C24H41N8O9Y. The summed E-state index contributed by atoms with van der Waals surface area (Å²) in [5.41, 5.74) is 10.6. The summed E-state index contributed by atoms with van der Waals surface area (Å²) in [6, 6.07) is -1.48. The van der Waals surface area contributed by atoms with E-state index in [2.05, 4.69) is 10.3 Å². The summed E-state index contributed by atoms with van der Waals surface area (Å²) in [5, 5.41) is 46.4. The number of aliphatic imine (C=N–C) groups is 1. The van der Waals surface area contributed by atoms with Crippen LogP contribution in [-0.4, -0.2) is 152 Å². The van der Waals surface area contributed by atoms with Crippen LogP contribution in [0.2, 0.25) is 0 Å². The van der Waals surface area contributed by atoms with Gasteiger partial charge in [-0.25, -0.2) is 0 Å². The zero-order chi connectivity index (χ0) is 30.8. The van der Waals surface area contributed by atoms with E-state index in [-0.39, 0.29) is 103 Å². The number of amides is 1. The second kappa shape index (κ2) is 22.2. The first kappa shape index (κ1) is 39.6. The number of nitrogens with zero attached hydrogens (tertiary/aromatic N) is 5. The number of carboxylic acid groups (broad SMARTS) is 4. The molecular weight excluding hydrogens is 633 g/mol. The maximum Gasteiger partial charge on any atom is 3.00 e. The molecule has 1 saturated heterocycles. The van der Waals surface area contributed by atoms with Crippen molar-refractivity contribution < 1.29 is 77.1 Å². The SMILES string of the molecule is NC(N)=NCCCCCNC(=O)CN1CCN(CC(=O)[O-])CCN(CC(=O)[O-])CCN(C(CC(=O)O)C(=O)[O-])CC1.[Y+3]. The molecule has 1 rings (SSSR count). The molecule has 0 aromatic rings. The summed E-state index contributed by atoms with van der Waals surface area (Å²) >= 11 is 0. The van der Waals surface area contributed by atoms with Gasteiger partial charge in [-0.15, -0.1) is 0 Å². The van der Waals surface area contributed by atoms with Crippen LogP contribution in [0.15, 0.2) is 4.99 Å². The molecule has 234 valence electrons. The van der Waals surface area contributed by atoms with Crippen molar-refractivity contribution in [1.29, 1.82) is 0 Å². The zero-order valence-corrected chi connectivity index (χ0v) is 26.6. The number of guanidine groups is 1. The molecule has 1 unspecified atom stereocenters. The Morgan fingerprint density at radius 2 is 1.24 bits per heavy atom. The van der Waals surface area contributed by atoms with Crippen molar-refractivity contribution in [3.05, 3.63) is 0 Å². The number of nitrogens with two attached hydrogens (primary N) is 2. The first-order valence-electron chi connectivity index (χ1n) is 13.4. The largest absolute Gasteiger partial charge is 3.00 e. The number of hydrogen-bond acceptors (Lipinski definition) is 13. The fraction of sp³-hybridized carbons (Fsp3) is 0.750. The minimum atomic E-state index is -1.59. The molecule has 0 saturated carbocycles. The predicted molar refractivity (Wildman–Crippen MR) is 139 cm³/mol. The number of rotatable bonds is 16. The molecule has 1 amide bonds. The molecule has 6 N–H and O–H groups in total. The Morgan fingerprint density at radius 1 is 0.762 bits per heavy atom. The molecule has 18 heteroatoms. The van der Waals surface area contributed by atoms with Gasteiger partial charge in [0.2, 0.25) is 5.91 Å². The van der Waals surface area contributed by atoms with Gasteiger partial charge in [0.25, 0.3) is 0 Å². The molecule has 0 bridgehead atoms. The smallest absolute Gasteiger partial charge is 0.549 e. The molecule has 0 radical (unpaired) electrons. The summed E-state index contributed by atoms with van der Waals surface area (Å²) in [6.07, 6.45) is 1.51. The van der Waals surface area contributed by atoms with Gasteiger partial charge in [-0.2, -0.15) is 0 Å². The van der Waals surface area contributed by atoms with Crippen LogP contribution in [0.3, 0.4) is 0 Å². The normalized spacial score (nSPS) is 17.0. The van der Waals surface area contributed by atoms with Crippen LogP contribution in [0, 0.1) is 0 Å². The maximum absolute atomic E-state index is 12.6. The third-order valence-electron chi connectivity index (χ3n) is 6.48. The maximum atomic E-state index is 12.6. The van der Waals surface area contributed by atoms with Gasteiger partial charge in [0.05, 0.1) is 36.9 Å². The molecule has 0 aliphatic carbocycles. The Labute approximate surface area is 270 Å². The van der Waals surface area contributed by atoms with Crippen molar-refractivity contribution in [2.75, 3.05) is 85.1 Å². The molecule has 1 heterocycles. The van der Waals surface area contributed by atoms with Gasteiger partial charge in [-0.05, 0) is 19.3 Å². The number of hydrogen-bond donors (Lipinski definition) is 4. The molecule has 0 aromatic heterocycles. The molecule has 42 heavy (non-hydrogen) atoms. The van der Waals surface area contributed by atoms with E-state index in [1.165, 1.54) is 9.80 Å². The van der Waals surface area contributed by atoms with Crippen molar-refractivity contribution in [1.82, 2.24) is 24.9 Å². The zero-order valence-electron chi connectivity index (χ0n) is 23.8. The van der Waals surface area contributed by atoms with Crippen molar-refractivity contribution in [3.63, 3.8) is 0 Å². The van der Waals surface area contributed by atoms with E-state index in [0.29, 0.717) is 19.5 Å². The molecule has 1 aliphatic heterocycles. The Kier molecular flexibility index (Phi) is 20.9. The average Bonchev–Trinajstić information content (AvgIpc) is 2.86. The number of carbonyl (C=O) groups is 5. The van der Waals surface area contributed by atoms with Gasteiger partial charge < -0.3 is 51.6 Å². The molecule has 0 spiro atoms. The van der Waals surface area contributed by atoms with E-state index < -0.39 is 49.4 Å². The fourth-order valence-electron chi connectivity index (χ4n) is 4.34. The second-order valence-electron chi connectivity index (χ2n) is 9.76. The van der Waals surface area contributed by atoms with E-state index in [9.17, 15) is 44.4 Å². The van der Waals surface area contributed by atoms with Crippen molar-refractivity contribution in [2.24, 2.45) is 16.5 Å². The standard InChI is InChI=1S/C24H44N8O9.Y/c25-24(26)28-5-3-1-2-4-27-19(33)15-29-6-7-30(16-21(36)37)8-9-31(17-22(38)39)11-13-32(12-10-29)18(23(40)41)14-20(34)35;/h18H,1-17H2,(H,27,33)(H,34,35)(H,36,37)(H,38,39)(H,40,41)(H4,25,26,28);/q;+3/p-3. The van der Waals surface area contributed by atoms with Crippen LogP contribution in [0.25, 0.3) is 0 Å². The number of carboxylic acids is 4. The summed E-state index contributed by atoms with van der Waals surface area (Å²) in [6.45, 7) is 0.852. The van der Waals surface area contributed by atoms with E-state index in [4.69, 9.17) is 11.5 Å². The van der Waals surface area contributed by atoms with Gasteiger partial charge in [0.1, 0.15) is 0 Å². The summed E-state index contributed by atoms with van der Waals surface area (Å²) in [7, 11) is 0. The van der Waals surface area contributed by atoms with E-state index >= 15 is 0 Å². The molecule has 1 atom stereocenters. The summed E-state index contributed by atoms with van der Waals surface area (Å²) in [5.74, 6) is -5.89. The summed E-state index contributed by atoms with van der Waals surface area (Å²) < 4.78 is 0. The van der Waals surface area contributed by atoms with Crippen LogP contribution in [0.5, 0.6) is 0 Å². The van der Waals surface area contributed by atoms with Gasteiger partial charge in [-0.3, -0.25) is 34.2 Å². The minimum Gasteiger partial charge on any atom is -0.549 e. The van der Waals surface area contributed by atoms with E-state index in [1.54, 1.807) is 9.80 Å². The van der Waals surface area contributed by atoms with Gasteiger partial charge in [0.15, 0.2) is 5.96 Å². The Bertz CT molecular complexity index is 907. The van der Waals surface area contributed by atoms with Gasteiger partial charge in [0, 0.05) is 78.5 Å². The third kappa shape index (κ3) is 18.9. The molecule has 0 aromatic carbocycles. The quantitative estimate of drug-likeness (QED) is 0.0673. The Hall–Kier alpha value is -2.44. The number of nitrogens with one attached hydrogen (secondary N) is 1. The second-order valence-corrected chi connectivity index (χ2v) is 9.76. The number of aliphatic carboxylic acids is 4. The molecule has 17 nitrogen and oxygen atoms in total. The first-order chi connectivity index (χ1) is 19.4. The fourth-order valence-corrected chi connectivity index (χ4v) is 4.34. The minimum absolute atomic E-state index is 0. The van der Waals surface area contributed by atoms with Crippen molar-refractivity contribution >= 4 is 35.7 Å². The van der Waals surface area contributed by atoms with Crippen LogP contribution < -0.4 is 32.1 Å². The van der Waals surface area contributed by atoms with Crippen LogP contribution in [0.4, 0.5) is 0 Å². The molecule has 1 fully saturated rings. The van der Waals surface area contributed by atoms with Crippen molar-refractivity contribution in [3.8, 4) is 0 Å². The van der Waals surface area contributed by atoms with Crippen molar-refractivity contribution in [2.45, 2.75) is 31.7 Å². The van der Waals surface area contributed by atoms with E-state index in [0.717, 1.165) is 12.8 Å².